The minimum atomic E-state index is 0.778. The molecule has 3 N–H and O–H groups in total. The summed E-state index contributed by atoms with van der Waals surface area (Å²) >= 11 is 1.78. The Labute approximate surface area is 106 Å². The summed E-state index contributed by atoms with van der Waals surface area (Å²) in [7, 11) is 0. The number of imidazole rings is 1. The van der Waals surface area contributed by atoms with Crippen LogP contribution in [0.25, 0.3) is 11.0 Å². The molecule has 1 aromatic heterocycles. The number of H-pyrrole nitrogens is 1. The minimum Gasteiger partial charge on any atom is -0.333 e. The van der Waals surface area contributed by atoms with Gasteiger partial charge in [0.2, 0.25) is 0 Å². The van der Waals surface area contributed by atoms with E-state index in [2.05, 4.69) is 35.1 Å². The van der Waals surface area contributed by atoms with Crippen molar-refractivity contribution in [1.29, 1.82) is 0 Å². The summed E-state index contributed by atoms with van der Waals surface area (Å²) in [5.74, 6) is 1.08. The van der Waals surface area contributed by atoms with Crippen molar-refractivity contribution in [1.82, 2.24) is 9.97 Å². The molecule has 0 bridgehead atoms. The van der Waals surface area contributed by atoms with Gasteiger partial charge in [-0.3, -0.25) is 0 Å². The molecule has 0 amide bonds. The quantitative estimate of drug-likeness (QED) is 0.611. The zero-order chi connectivity index (χ0) is 12.1. The fraction of sp³-hybridized carbons (Fsp3) is 0.462. The normalized spacial score (nSPS) is 11.2. The fourth-order valence-electron chi connectivity index (χ4n) is 1.74. The number of nitrogens with zero attached hydrogens (tertiary/aromatic N) is 1. The highest BCUT2D eigenvalue weighted by atomic mass is 32.2. The van der Waals surface area contributed by atoms with Gasteiger partial charge < -0.3 is 10.7 Å². The predicted octanol–water partition coefficient (Wildman–Crippen LogP) is 2.96. The molecule has 0 unspecified atom stereocenters. The van der Waals surface area contributed by atoms with Crippen LogP contribution >= 0.6 is 11.8 Å². The number of hydrogen-bond donors (Lipinski definition) is 2. The van der Waals surface area contributed by atoms with E-state index in [0.29, 0.717) is 0 Å². The van der Waals surface area contributed by atoms with E-state index in [4.69, 9.17) is 5.73 Å². The Morgan fingerprint density at radius 2 is 2.24 bits per heavy atom. The molecule has 3 nitrogen and oxygen atoms in total. The van der Waals surface area contributed by atoms with E-state index in [1.54, 1.807) is 11.8 Å². The van der Waals surface area contributed by atoms with Crippen LogP contribution in [0.1, 0.15) is 25.3 Å². The van der Waals surface area contributed by atoms with Crippen LogP contribution in [0, 0.1) is 0 Å². The molecule has 92 valence electrons. The summed E-state index contributed by atoms with van der Waals surface area (Å²) in [4.78, 5) is 7.93. The summed E-state index contributed by atoms with van der Waals surface area (Å²) in [6.07, 6.45) is 3.31. The van der Waals surface area contributed by atoms with Crippen LogP contribution < -0.4 is 5.73 Å². The van der Waals surface area contributed by atoms with Crippen LogP contribution in [0.4, 0.5) is 0 Å². The number of fused-ring (bicyclic) bond motifs is 1. The molecule has 17 heavy (non-hydrogen) atoms. The van der Waals surface area contributed by atoms with E-state index in [0.717, 1.165) is 47.7 Å². The maximum atomic E-state index is 5.47. The summed E-state index contributed by atoms with van der Waals surface area (Å²) in [6, 6.07) is 6.42. The number of nitrogens with two attached hydrogens (primary N) is 1. The largest absolute Gasteiger partial charge is 0.333 e. The van der Waals surface area contributed by atoms with Crippen molar-refractivity contribution >= 4 is 22.8 Å². The SMILES string of the molecule is CCc1ccc2nc(SCCCCN)[nH]c2c1. The number of rotatable bonds is 6. The molecule has 0 atom stereocenters. The van der Waals surface area contributed by atoms with Crippen molar-refractivity contribution in [3.05, 3.63) is 23.8 Å². The number of hydrogen-bond acceptors (Lipinski definition) is 3. The predicted molar refractivity (Wildman–Crippen MR) is 74.5 cm³/mol. The molecule has 2 rings (SSSR count). The molecule has 0 saturated heterocycles. The molecule has 0 radical (unpaired) electrons. The van der Waals surface area contributed by atoms with Gasteiger partial charge in [0, 0.05) is 5.75 Å². The molecule has 0 fully saturated rings. The van der Waals surface area contributed by atoms with Gasteiger partial charge in [-0.1, -0.05) is 24.8 Å². The molecule has 0 aliphatic carbocycles. The van der Waals surface area contributed by atoms with Crippen LogP contribution in [0.3, 0.4) is 0 Å². The molecule has 0 saturated carbocycles. The topological polar surface area (TPSA) is 54.7 Å². The lowest BCUT2D eigenvalue weighted by atomic mass is 10.1. The Bertz CT molecular complexity index is 478. The zero-order valence-corrected chi connectivity index (χ0v) is 11.0. The van der Waals surface area contributed by atoms with Gasteiger partial charge in [0.1, 0.15) is 0 Å². The van der Waals surface area contributed by atoms with E-state index >= 15 is 0 Å². The second-order valence-electron chi connectivity index (χ2n) is 4.09. The van der Waals surface area contributed by atoms with E-state index in [9.17, 15) is 0 Å². The van der Waals surface area contributed by atoms with Gasteiger partial charge in [0.15, 0.2) is 5.16 Å². The van der Waals surface area contributed by atoms with Gasteiger partial charge in [0.25, 0.3) is 0 Å². The van der Waals surface area contributed by atoms with E-state index in [-0.39, 0.29) is 0 Å². The fourth-order valence-corrected chi connectivity index (χ4v) is 2.62. The first-order valence-corrected chi connectivity index (χ1v) is 7.13. The van der Waals surface area contributed by atoms with Crippen LogP contribution in [0.2, 0.25) is 0 Å². The van der Waals surface area contributed by atoms with Gasteiger partial charge in [-0.05, 0) is 43.5 Å². The molecule has 0 aliphatic heterocycles. The number of thioether (sulfide) groups is 1. The highest BCUT2D eigenvalue weighted by Gasteiger charge is 2.03. The van der Waals surface area contributed by atoms with Crippen molar-refractivity contribution in [3.8, 4) is 0 Å². The van der Waals surface area contributed by atoms with Gasteiger partial charge in [-0.25, -0.2) is 4.98 Å². The van der Waals surface area contributed by atoms with Crippen LogP contribution in [0.5, 0.6) is 0 Å². The summed E-state index contributed by atoms with van der Waals surface area (Å²) in [5, 5.41) is 1.02. The lowest BCUT2D eigenvalue weighted by Gasteiger charge is -1.95. The molecule has 1 aromatic carbocycles. The van der Waals surface area contributed by atoms with Crippen LogP contribution in [-0.2, 0) is 6.42 Å². The third-order valence-electron chi connectivity index (χ3n) is 2.77. The maximum Gasteiger partial charge on any atom is 0.166 e. The Kier molecular flexibility index (Phi) is 4.45. The Hall–Kier alpha value is -1.00. The average molecular weight is 249 g/mol. The molecule has 2 aromatic rings. The van der Waals surface area contributed by atoms with Crippen molar-refractivity contribution in [2.75, 3.05) is 12.3 Å². The number of aromatic nitrogens is 2. The monoisotopic (exact) mass is 249 g/mol. The first-order valence-electron chi connectivity index (χ1n) is 6.15. The Morgan fingerprint density at radius 1 is 1.35 bits per heavy atom. The zero-order valence-electron chi connectivity index (χ0n) is 10.2. The van der Waals surface area contributed by atoms with Crippen molar-refractivity contribution in [2.24, 2.45) is 5.73 Å². The number of aromatic amines is 1. The smallest absolute Gasteiger partial charge is 0.166 e. The van der Waals surface area contributed by atoms with Gasteiger partial charge >= 0.3 is 0 Å². The second kappa shape index (κ2) is 6.07. The number of unbranched alkanes of at least 4 members (excludes halogenated alkanes) is 1. The van der Waals surface area contributed by atoms with Crippen LogP contribution in [0.15, 0.2) is 23.4 Å². The lowest BCUT2D eigenvalue weighted by molar-refractivity contribution is 0.813. The standard InChI is InChI=1S/C13H19N3S/c1-2-10-5-6-11-12(9-10)16-13(15-11)17-8-4-3-7-14/h5-6,9H,2-4,7-8,14H2,1H3,(H,15,16). The number of nitrogens with one attached hydrogen (secondary N) is 1. The second-order valence-corrected chi connectivity index (χ2v) is 5.17. The van der Waals surface area contributed by atoms with E-state index < -0.39 is 0 Å². The molecular formula is C13H19N3S. The van der Waals surface area contributed by atoms with Crippen molar-refractivity contribution in [2.45, 2.75) is 31.3 Å². The molecule has 0 spiro atoms. The van der Waals surface area contributed by atoms with Gasteiger partial charge in [0.05, 0.1) is 11.0 Å². The van der Waals surface area contributed by atoms with Gasteiger partial charge in [-0.15, -0.1) is 0 Å². The highest BCUT2D eigenvalue weighted by Crippen LogP contribution is 2.21. The molecular weight excluding hydrogens is 230 g/mol. The van der Waals surface area contributed by atoms with E-state index in [1.165, 1.54) is 5.56 Å². The average Bonchev–Trinajstić information content (AvgIpc) is 2.76. The first kappa shape index (κ1) is 12.5. The molecule has 0 aliphatic rings. The summed E-state index contributed by atoms with van der Waals surface area (Å²) < 4.78 is 0. The minimum absolute atomic E-state index is 0.778. The van der Waals surface area contributed by atoms with Crippen molar-refractivity contribution < 1.29 is 0 Å². The first-order chi connectivity index (χ1) is 8.33. The number of aryl methyl sites for hydroxylation is 1. The molecule has 4 heteroatoms. The van der Waals surface area contributed by atoms with E-state index in [1.807, 2.05) is 0 Å². The summed E-state index contributed by atoms with van der Waals surface area (Å²) in [5.41, 5.74) is 9.02. The summed E-state index contributed by atoms with van der Waals surface area (Å²) in [6.45, 7) is 2.95. The lowest BCUT2D eigenvalue weighted by Crippen LogP contribution is -1.98. The van der Waals surface area contributed by atoms with Crippen LogP contribution in [-0.4, -0.2) is 22.3 Å². The Balaban J connectivity index is 2.04. The highest BCUT2D eigenvalue weighted by molar-refractivity contribution is 7.99. The third kappa shape index (κ3) is 3.23. The number of benzene rings is 1. The maximum absolute atomic E-state index is 5.47. The third-order valence-corrected chi connectivity index (χ3v) is 3.73. The molecule has 1 heterocycles. The van der Waals surface area contributed by atoms with Gasteiger partial charge in [-0.2, -0.15) is 0 Å². The van der Waals surface area contributed by atoms with Crippen molar-refractivity contribution in [3.63, 3.8) is 0 Å². The Morgan fingerprint density at radius 3 is 3.00 bits per heavy atom.